The first-order chi connectivity index (χ1) is 5.34. The minimum absolute atomic E-state index is 0.428. The lowest BCUT2D eigenvalue weighted by Crippen LogP contribution is -1.97. The molecule has 0 saturated heterocycles. The summed E-state index contributed by atoms with van der Waals surface area (Å²) >= 11 is 1.77. The Balaban J connectivity index is 2.74. The van der Waals surface area contributed by atoms with E-state index >= 15 is 0 Å². The lowest BCUT2D eigenvalue weighted by atomic mass is 10.3. The van der Waals surface area contributed by atoms with Crippen molar-refractivity contribution in [3.8, 4) is 0 Å². The fraction of sp³-hybridized carbons (Fsp3) is 0.375. The summed E-state index contributed by atoms with van der Waals surface area (Å²) in [5.74, 6) is 2.72. The Kier molecular flexibility index (Phi) is 3.14. The Morgan fingerprint density at radius 3 is 3.18 bits per heavy atom. The quantitative estimate of drug-likeness (QED) is 0.614. The fourth-order valence-electron chi connectivity index (χ4n) is 0.699. The molecule has 0 radical (unpaired) electrons. The Hall–Kier alpha value is -0.790. The van der Waals surface area contributed by atoms with Crippen LogP contribution in [0, 0.1) is 0 Å². The first-order valence-corrected chi connectivity index (χ1v) is 4.67. The molecule has 0 aromatic rings. The Bertz CT molecular complexity index is 247. The highest BCUT2D eigenvalue weighted by atomic mass is 32.2. The van der Waals surface area contributed by atoms with Crippen LogP contribution in [0.3, 0.4) is 0 Å². The summed E-state index contributed by atoms with van der Waals surface area (Å²) < 4.78 is 0. The van der Waals surface area contributed by atoms with Crippen LogP contribution in [0.2, 0.25) is 0 Å². The first kappa shape index (κ1) is 8.31. The number of allylic oxidation sites excluding steroid dienone is 2. The molecule has 3 heteroatoms. The van der Waals surface area contributed by atoms with E-state index in [-0.39, 0.29) is 0 Å². The highest BCUT2D eigenvalue weighted by Gasteiger charge is 2.03. The van der Waals surface area contributed by atoms with Crippen LogP contribution < -0.4 is 0 Å². The van der Waals surface area contributed by atoms with Gasteiger partial charge in [0.1, 0.15) is 6.34 Å². The monoisotopic (exact) mass is 166 g/mol. The Morgan fingerprint density at radius 2 is 2.45 bits per heavy atom. The number of rotatable bonds is 2. The van der Waals surface area contributed by atoms with Gasteiger partial charge in [-0.05, 0) is 25.1 Å². The van der Waals surface area contributed by atoms with Crippen molar-refractivity contribution < 1.29 is 0 Å². The zero-order valence-corrected chi connectivity index (χ0v) is 7.43. The molecule has 1 rings (SSSR count). The molecule has 2 nitrogen and oxygen atoms in total. The molecule has 0 N–H and O–H groups in total. The van der Waals surface area contributed by atoms with Crippen molar-refractivity contribution in [2.24, 2.45) is 9.98 Å². The summed E-state index contributed by atoms with van der Waals surface area (Å²) in [6.07, 6.45) is 7.32. The molecule has 0 bridgehead atoms. The molecule has 1 aliphatic heterocycles. The molecule has 1 unspecified atom stereocenters. The molecule has 0 aliphatic carbocycles. The third-order valence-corrected chi connectivity index (χ3v) is 2.39. The molecule has 1 atom stereocenters. The van der Waals surface area contributed by atoms with Crippen molar-refractivity contribution in [1.29, 1.82) is 0 Å². The average Bonchev–Trinajstić information content (AvgIpc) is 2.30. The van der Waals surface area contributed by atoms with E-state index in [9.17, 15) is 0 Å². The zero-order chi connectivity index (χ0) is 8.10. The molecule has 58 valence electrons. The standard InChI is InChI=1S/C8H10N2S/c1-7(11-2)8-4-3-5-9-6-10-8/h3-4,6-7H,1-2H3. The second kappa shape index (κ2) is 4.16. The molecule has 0 aromatic carbocycles. The van der Waals surface area contributed by atoms with E-state index < -0.39 is 0 Å². The number of hydrogen-bond donors (Lipinski definition) is 0. The van der Waals surface area contributed by atoms with Crippen molar-refractivity contribution in [2.75, 3.05) is 6.26 Å². The number of thioether (sulfide) groups is 1. The number of hydrogen-bond acceptors (Lipinski definition) is 3. The van der Waals surface area contributed by atoms with Crippen molar-refractivity contribution in [3.63, 3.8) is 0 Å². The van der Waals surface area contributed by atoms with Gasteiger partial charge in [0.2, 0.25) is 0 Å². The van der Waals surface area contributed by atoms with E-state index in [2.05, 4.69) is 29.0 Å². The summed E-state index contributed by atoms with van der Waals surface area (Å²) in [7, 11) is 0. The lowest BCUT2D eigenvalue weighted by Gasteiger charge is -2.05. The maximum atomic E-state index is 4.15. The van der Waals surface area contributed by atoms with Crippen LogP contribution in [0.5, 0.6) is 0 Å². The third kappa shape index (κ3) is 2.37. The van der Waals surface area contributed by atoms with Crippen LogP contribution in [0.25, 0.3) is 0 Å². The van der Waals surface area contributed by atoms with E-state index in [4.69, 9.17) is 0 Å². The fourth-order valence-corrected chi connectivity index (χ4v) is 1.08. The van der Waals surface area contributed by atoms with Gasteiger partial charge in [-0.1, -0.05) is 0 Å². The summed E-state index contributed by atoms with van der Waals surface area (Å²) in [5, 5.41) is 0.428. The molecular formula is C8H10N2S. The molecule has 0 spiro atoms. The summed E-state index contributed by atoms with van der Waals surface area (Å²) in [4.78, 5) is 7.93. The Morgan fingerprint density at radius 1 is 1.64 bits per heavy atom. The van der Waals surface area contributed by atoms with Crippen molar-refractivity contribution in [1.82, 2.24) is 0 Å². The summed E-state index contributed by atoms with van der Waals surface area (Å²) in [6.45, 7) is 2.12. The van der Waals surface area contributed by atoms with Crippen molar-refractivity contribution in [2.45, 2.75) is 12.2 Å². The van der Waals surface area contributed by atoms with Gasteiger partial charge in [-0.3, -0.25) is 0 Å². The predicted octanol–water partition coefficient (Wildman–Crippen LogP) is 1.89. The molecule has 0 saturated carbocycles. The van der Waals surface area contributed by atoms with Gasteiger partial charge in [0.05, 0.1) is 5.70 Å². The van der Waals surface area contributed by atoms with Crippen LogP contribution >= 0.6 is 11.8 Å². The zero-order valence-electron chi connectivity index (χ0n) is 6.61. The smallest absolute Gasteiger partial charge is 0.125 e. The molecule has 1 heterocycles. The van der Waals surface area contributed by atoms with E-state index in [1.807, 2.05) is 6.08 Å². The SMILES string of the molecule is CSC(C)C1=CC=C=NC=N1. The molecule has 11 heavy (non-hydrogen) atoms. The van der Waals surface area contributed by atoms with Gasteiger partial charge in [-0.25, -0.2) is 4.99 Å². The molecule has 1 aliphatic rings. The molecule has 0 aromatic heterocycles. The van der Waals surface area contributed by atoms with Crippen LogP contribution in [0.15, 0.2) is 27.8 Å². The lowest BCUT2D eigenvalue weighted by molar-refractivity contribution is 1.09. The maximum absolute atomic E-state index is 4.15. The summed E-state index contributed by atoms with van der Waals surface area (Å²) in [5.41, 5.74) is 1.05. The van der Waals surface area contributed by atoms with Gasteiger partial charge in [0.25, 0.3) is 0 Å². The van der Waals surface area contributed by atoms with Crippen LogP contribution in [0.4, 0.5) is 0 Å². The van der Waals surface area contributed by atoms with Gasteiger partial charge in [0.15, 0.2) is 0 Å². The molecule has 0 amide bonds. The van der Waals surface area contributed by atoms with Gasteiger partial charge in [-0.15, -0.1) is 0 Å². The minimum atomic E-state index is 0.428. The average molecular weight is 166 g/mol. The largest absolute Gasteiger partial charge is 0.239 e. The number of aliphatic imine (C=N–C) groups is 2. The van der Waals surface area contributed by atoms with Gasteiger partial charge < -0.3 is 0 Å². The third-order valence-electron chi connectivity index (χ3n) is 1.44. The van der Waals surface area contributed by atoms with Crippen molar-refractivity contribution in [3.05, 3.63) is 17.8 Å². The van der Waals surface area contributed by atoms with Crippen LogP contribution in [0.1, 0.15) is 6.92 Å². The second-order valence-corrected chi connectivity index (χ2v) is 3.32. The maximum Gasteiger partial charge on any atom is 0.125 e. The minimum Gasteiger partial charge on any atom is -0.239 e. The van der Waals surface area contributed by atoms with Crippen LogP contribution in [-0.4, -0.2) is 23.7 Å². The highest BCUT2D eigenvalue weighted by molar-refractivity contribution is 7.99. The van der Waals surface area contributed by atoms with E-state index in [1.165, 1.54) is 6.34 Å². The van der Waals surface area contributed by atoms with Crippen LogP contribution in [-0.2, 0) is 0 Å². The number of nitrogens with zero attached hydrogens (tertiary/aromatic N) is 2. The summed E-state index contributed by atoms with van der Waals surface area (Å²) in [6, 6.07) is 0. The van der Waals surface area contributed by atoms with Gasteiger partial charge >= 0.3 is 0 Å². The van der Waals surface area contributed by atoms with Gasteiger partial charge in [0, 0.05) is 11.3 Å². The molecular weight excluding hydrogens is 156 g/mol. The Labute approximate surface area is 70.8 Å². The highest BCUT2D eigenvalue weighted by Crippen LogP contribution is 2.16. The normalized spacial score (nSPS) is 17.8. The second-order valence-electron chi connectivity index (χ2n) is 2.14. The topological polar surface area (TPSA) is 24.7 Å². The predicted molar refractivity (Wildman–Crippen MR) is 51.6 cm³/mol. The van der Waals surface area contributed by atoms with Crippen molar-refractivity contribution >= 4 is 24.0 Å². The van der Waals surface area contributed by atoms with Gasteiger partial charge in [-0.2, -0.15) is 16.8 Å². The first-order valence-electron chi connectivity index (χ1n) is 3.38. The molecule has 0 fully saturated rings. The van der Waals surface area contributed by atoms with E-state index in [0.717, 1.165) is 5.70 Å². The van der Waals surface area contributed by atoms with E-state index in [1.54, 1.807) is 17.8 Å². The van der Waals surface area contributed by atoms with E-state index in [0.29, 0.717) is 5.25 Å².